The molecule has 4 nitrogen and oxygen atoms in total. The summed E-state index contributed by atoms with van der Waals surface area (Å²) >= 11 is 0. The zero-order chi connectivity index (χ0) is 12.0. The van der Waals surface area contributed by atoms with Gasteiger partial charge in [0.1, 0.15) is 11.9 Å². The fourth-order valence-corrected chi connectivity index (χ4v) is 1.35. The van der Waals surface area contributed by atoms with E-state index in [2.05, 4.69) is 10.3 Å². The average Bonchev–Trinajstić information content (AvgIpc) is 2.23. The largest absolute Gasteiger partial charge is 0.472 e. The number of hydrogen-bond donors (Lipinski definition) is 1. The summed E-state index contributed by atoms with van der Waals surface area (Å²) in [4.78, 5) is 3.93. The summed E-state index contributed by atoms with van der Waals surface area (Å²) in [5.74, 6) is 0.0808. The molecule has 90 valence electrons. The fourth-order valence-electron chi connectivity index (χ4n) is 1.35. The molecule has 0 bridgehead atoms. The molecule has 0 saturated carbocycles. The van der Waals surface area contributed by atoms with Crippen LogP contribution in [0.1, 0.15) is 12.5 Å². The molecule has 0 fully saturated rings. The first-order valence-corrected chi connectivity index (χ1v) is 5.12. The molecule has 0 aliphatic carbocycles. The van der Waals surface area contributed by atoms with Crippen LogP contribution in [0.5, 0.6) is 5.88 Å². The minimum Gasteiger partial charge on any atom is -0.472 e. The molecule has 1 aromatic rings. The van der Waals surface area contributed by atoms with Gasteiger partial charge in [0, 0.05) is 19.2 Å². The van der Waals surface area contributed by atoms with Gasteiger partial charge in [-0.15, -0.1) is 0 Å². The van der Waals surface area contributed by atoms with Crippen molar-refractivity contribution in [3.05, 3.63) is 23.6 Å². The summed E-state index contributed by atoms with van der Waals surface area (Å²) < 4.78 is 23.5. The van der Waals surface area contributed by atoms with Gasteiger partial charge in [-0.1, -0.05) is 0 Å². The average molecular weight is 228 g/mol. The van der Waals surface area contributed by atoms with Gasteiger partial charge in [-0.2, -0.15) is 0 Å². The van der Waals surface area contributed by atoms with Crippen molar-refractivity contribution < 1.29 is 13.9 Å². The van der Waals surface area contributed by atoms with E-state index in [1.165, 1.54) is 6.07 Å². The predicted octanol–water partition coefficient (Wildman–Crippen LogP) is 1.35. The van der Waals surface area contributed by atoms with Gasteiger partial charge in [-0.3, -0.25) is 0 Å². The molecule has 0 saturated heterocycles. The third kappa shape index (κ3) is 3.75. The number of hydrogen-bond acceptors (Lipinski definition) is 4. The molecule has 0 amide bonds. The van der Waals surface area contributed by atoms with Crippen LogP contribution < -0.4 is 10.1 Å². The maximum absolute atomic E-state index is 13.0. The summed E-state index contributed by atoms with van der Waals surface area (Å²) in [6.45, 7) is 2.86. The van der Waals surface area contributed by atoms with E-state index in [4.69, 9.17) is 9.47 Å². The molecule has 0 radical (unpaired) electrons. The number of nitrogens with zero attached hydrogens (tertiary/aromatic N) is 1. The predicted molar refractivity (Wildman–Crippen MR) is 58.9 cm³/mol. The second kappa shape index (κ2) is 6.40. The van der Waals surface area contributed by atoms with Crippen LogP contribution in [0.25, 0.3) is 0 Å². The number of aromatic nitrogens is 1. The lowest BCUT2D eigenvalue weighted by Crippen LogP contribution is -2.20. The van der Waals surface area contributed by atoms with Gasteiger partial charge in [-0.05, 0) is 20.0 Å². The third-order valence-corrected chi connectivity index (χ3v) is 1.97. The minimum atomic E-state index is -0.364. The second-order valence-electron chi connectivity index (χ2n) is 3.53. The lowest BCUT2D eigenvalue weighted by Gasteiger charge is -2.15. The second-order valence-corrected chi connectivity index (χ2v) is 3.53. The van der Waals surface area contributed by atoms with E-state index >= 15 is 0 Å². The number of pyridine rings is 1. The Morgan fingerprint density at radius 1 is 1.56 bits per heavy atom. The van der Waals surface area contributed by atoms with Crippen LogP contribution in [0, 0.1) is 5.82 Å². The van der Waals surface area contributed by atoms with Gasteiger partial charge in [0.05, 0.1) is 12.8 Å². The molecule has 1 N–H and O–H groups in total. The Bertz CT molecular complexity index is 334. The monoisotopic (exact) mass is 228 g/mol. The molecule has 1 aromatic heterocycles. The summed E-state index contributed by atoms with van der Waals surface area (Å²) in [5, 5.41) is 2.94. The van der Waals surface area contributed by atoms with Crippen molar-refractivity contribution in [3.8, 4) is 5.88 Å². The Hall–Kier alpha value is -1.20. The van der Waals surface area contributed by atoms with Crippen molar-refractivity contribution >= 4 is 0 Å². The fraction of sp³-hybridized carbons (Fsp3) is 0.545. The standard InChI is InChI=1S/C11H17FN2O2/c1-8(7-15-3)16-11-9(5-13-2)4-10(12)6-14-11/h4,6,8,13H,5,7H2,1-3H3. The van der Waals surface area contributed by atoms with E-state index in [9.17, 15) is 4.39 Å². The highest BCUT2D eigenvalue weighted by Gasteiger charge is 2.10. The van der Waals surface area contributed by atoms with Crippen LogP contribution in [0.2, 0.25) is 0 Å². The Morgan fingerprint density at radius 3 is 2.94 bits per heavy atom. The summed E-state index contributed by atoms with van der Waals surface area (Å²) in [6, 6.07) is 1.42. The molecule has 5 heteroatoms. The van der Waals surface area contributed by atoms with Crippen molar-refractivity contribution in [3.63, 3.8) is 0 Å². The summed E-state index contributed by atoms with van der Waals surface area (Å²) in [7, 11) is 3.39. The Morgan fingerprint density at radius 2 is 2.31 bits per heavy atom. The quantitative estimate of drug-likeness (QED) is 0.798. The first-order chi connectivity index (χ1) is 7.67. The minimum absolute atomic E-state index is 0.112. The van der Waals surface area contributed by atoms with Crippen molar-refractivity contribution in [1.82, 2.24) is 10.3 Å². The highest BCUT2D eigenvalue weighted by molar-refractivity contribution is 5.26. The van der Waals surface area contributed by atoms with Crippen LogP contribution in [0.15, 0.2) is 12.3 Å². The molecular weight excluding hydrogens is 211 g/mol. The van der Waals surface area contributed by atoms with E-state index < -0.39 is 0 Å². The first kappa shape index (κ1) is 12.9. The molecule has 0 spiro atoms. The molecule has 1 atom stereocenters. The maximum Gasteiger partial charge on any atom is 0.218 e. The Kier molecular flexibility index (Phi) is 5.14. The first-order valence-electron chi connectivity index (χ1n) is 5.12. The lowest BCUT2D eigenvalue weighted by molar-refractivity contribution is 0.0880. The van der Waals surface area contributed by atoms with Gasteiger partial charge < -0.3 is 14.8 Å². The van der Waals surface area contributed by atoms with Crippen LogP contribution >= 0.6 is 0 Å². The molecule has 0 aliphatic rings. The maximum atomic E-state index is 13.0. The van der Waals surface area contributed by atoms with E-state index in [-0.39, 0.29) is 11.9 Å². The molecular formula is C11H17FN2O2. The van der Waals surface area contributed by atoms with E-state index in [0.717, 1.165) is 6.20 Å². The number of ether oxygens (including phenoxy) is 2. The van der Waals surface area contributed by atoms with Gasteiger partial charge in [0.25, 0.3) is 0 Å². The number of halogens is 1. The van der Waals surface area contributed by atoms with Gasteiger partial charge in [0.15, 0.2) is 0 Å². The van der Waals surface area contributed by atoms with Crippen LogP contribution in [0.3, 0.4) is 0 Å². The van der Waals surface area contributed by atoms with Crippen LogP contribution in [-0.2, 0) is 11.3 Å². The third-order valence-electron chi connectivity index (χ3n) is 1.97. The summed E-state index contributed by atoms with van der Waals surface area (Å²) in [6.07, 6.45) is 1.03. The molecule has 1 unspecified atom stereocenters. The number of rotatable bonds is 6. The molecule has 1 heterocycles. The zero-order valence-corrected chi connectivity index (χ0v) is 9.79. The lowest BCUT2D eigenvalue weighted by atomic mass is 10.2. The van der Waals surface area contributed by atoms with Gasteiger partial charge in [0.2, 0.25) is 5.88 Å². The smallest absolute Gasteiger partial charge is 0.218 e. The van der Waals surface area contributed by atoms with Crippen LogP contribution in [-0.4, -0.2) is 31.9 Å². The highest BCUT2D eigenvalue weighted by Crippen LogP contribution is 2.17. The SMILES string of the molecule is CNCc1cc(F)cnc1OC(C)COC. The van der Waals surface area contributed by atoms with Crippen molar-refractivity contribution in [2.45, 2.75) is 19.6 Å². The van der Waals surface area contributed by atoms with Gasteiger partial charge in [-0.25, -0.2) is 9.37 Å². The number of nitrogens with one attached hydrogen (secondary N) is 1. The van der Waals surface area contributed by atoms with Crippen molar-refractivity contribution in [2.24, 2.45) is 0 Å². The van der Waals surface area contributed by atoms with Gasteiger partial charge >= 0.3 is 0 Å². The molecule has 0 aliphatic heterocycles. The Labute approximate surface area is 94.8 Å². The van der Waals surface area contributed by atoms with E-state index in [0.29, 0.717) is 24.6 Å². The zero-order valence-electron chi connectivity index (χ0n) is 9.79. The molecule has 16 heavy (non-hydrogen) atoms. The van der Waals surface area contributed by atoms with E-state index in [1.807, 2.05) is 6.92 Å². The van der Waals surface area contributed by atoms with E-state index in [1.54, 1.807) is 14.2 Å². The molecule has 1 rings (SSSR count). The Balaban J connectivity index is 2.77. The normalized spacial score (nSPS) is 12.5. The number of methoxy groups -OCH3 is 1. The highest BCUT2D eigenvalue weighted by atomic mass is 19.1. The van der Waals surface area contributed by atoms with Crippen LogP contribution in [0.4, 0.5) is 4.39 Å². The van der Waals surface area contributed by atoms with Crippen molar-refractivity contribution in [2.75, 3.05) is 20.8 Å². The topological polar surface area (TPSA) is 43.4 Å². The summed E-state index contributed by atoms with van der Waals surface area (Å²) in [5.41, 5.74) is 0.699. The molecule has 0 aromatic carbocycles. The van der Waals surface area contributed by atoms with Crippen molar-refractivity contribution in [1.29, 1.82) is 0 Å².